The number of nitrogens with one attached hydrogen (secondary N) is 1. The zero-order valence-corrected chi connectivity index (χ0v) is 13.1. The molecule has 0 aliphatic rings. The lowest BCUT2D eigenvalue weighted by molar-refractivity contribution is 0.728. The highest BCUT2D eigenvalue weighted by Gasteiger charge is 2.07. The van der Waals surface area contributed by atoms with Crippen molar-refractivity contribution in [1.82, 2.24) is 14.5 Å². The molecule has 0 radical (unpaired) electrons. The second-order valence-electron chi connectivity index (χ2n) is 4.85. The Bertz CT molecular complexity index is 802. The van der Waals surface area contributed by atoms with Crippen molar-refractivity contribution in [3.8, 4) is 11.1 Å². The van der Waals surface area contributed by atoms with Crippen molar-refractivity contribution in [2.45, 2.75) is 13.5 Å². The van der Waals surface area contributed by atoms with E-state index in [1.165, 1.54) is 0 Å². The van der Waals surface area contributed by atoms with Crippen molar-refractivity contribution in [1.29, 1.82) is 0 Å². The summed E-state index contributed by atoms with van der Waals surface area (Å²) in [4.78, 5) is 19.4. The monoisotopic (exact) mass is 343 g/mol. The van der Waals surface area contributed by atoms with Gasteiger partial charge in [0.05, 0.1) is 6.54 Å². The van der Waals surface area contributed by atoms with E-state index in [0.717, 1.165) is 21.7 Å². The number of H-pyrrole nitrogens is 1. The van der Waals surface area contributed by atoms with Crippen LogP contribution >= 0.6 is 15.9 Å². The number of aromatic amines is 1. The highest BCUT2D eigenvalue weighted by atomic mass is 79.9. The Morgan fingerprint density at radius 3 is 2.57 bits per heavy atom. The molecular weight excluding hydrogens is 330 g/mol. The maximum absolute atomic E-state index is 12.2. The summed E-state index contributed by atoms with van der Waals surface area (Å²) in [5.74, 6) is 0. The molecule has 0 saturated heterocycles. The first-order chi connectivity index (χ1) is 10.1. The molecule has 0 fully saturated rings. The average Bonchev–Trinajstić information content (AvgIpc) is 2.80. The highest BCUT2D eigenvalue weighted by molar-refractivity contribution is 9.10. The van der Waals surface area contributed by atoms with Crippen LogP contribution in [0.25, 0.3) is 11.1 Å². The summed E-state index contributed by atoms with van der Waals surface area (Å²) in [7, 11) is 0. The lowest BCUT2D eigenvalue weighted by atomic mass is 10.1. The van der Waals surface area contributed by atoms with E-state index in [1.54, 1.807) is 6.20 Å². The smallest absolute Gasteiger partial charge is 0.256 e. The van der Waals surface area contributed by atoms with Crippen LogP contribution in [-0.2, 0) is 6.54 Å². The Kier molecular flexibility index (Phi) is 3.75. The third-order valence-electron chi connectivity index (χ3n) is 3.39. The summed E-state index contributed by atoms with van der Waals surface area (Å²) in [6.45, 7) is 2.56. The quantitative estimate of drug-likeness (QED) is 0.792. The van der Waals surface area contributed by atoms with E-state index in [-0.39, 0.29) is 5.56 Å². The molecule has 0 unspecified atom stereocenters. The lowest BCUT2D eigenvalue weighted by Crippen LogP contribution is -2.14. The molecule has 0 bridgehead atoms. The molecule has 0 aliphatic heterocycles. The van der Waals surface area contributed by atoms with Gasteiger partial charge in [0.1, 0.15) is 0 Å². The third kappa shape index (κ3) is 2.83. The van der Waals surface area contributed by atoms with Crippen LogP contribution in [0.15, 0.2) is 58.2 Å². The molecule has 3 aromatic rings. The average molecular weight is 344 g/mol. The standard InChI is InChI=1S/C16H14BrN3O/c1-11-9-18-16(17)20(11)10-13-7-8-14(15(21)19-13)12-5-3-2-4-6-12/h2-9H,10H2,1H3,(H,19,21). The molecule has 1 aromatic carbocycles. The van der Waals surface area contributed by atoms with E-state index in [4.69, 9.17) is 0 Å². The first-order valence-corrected chi connectivity index (χ1v) is 7.39. The predicted octanol–water partition coefficient (Wildman–Crippen LogP) is 3.36. The van der Waals surface area contributed by atoms with Crippen LogP contribution in [0.4, 0.5) is 0 Å². The van der Waals surface area contributed by atoms with Crippen LogP contribution in [0.3, 0.4) is 0 Å². The normalized spacial score (nSPS) is 10.8. The summed E-state index contributed by atoms with van der Waals surface area (Å²) in [5.41, 5.74) is 3.41. The number of pyridine rings is 1. The van der Waals surface area contributed by atoms with Crippen LogP contribution in [-0.4, -0.2) is 14.5 Å². The van der Waals surface area contributed by atoms with Crippen molar-refractivity contribution < 1.29 is 0 Å². The van der Waals surface area contributed by atoms with Gasteiger partial charge in [0.2, 0.25) is 0 Å². The number of hydrogen-bond acceptors (Lipinski definition) is 2. The minimum Gasteiger partial charge on any atom is -0.324 e. The van der Waals surface area contributed by atoms with Crippen molar-refractivity contribution in [3.63, 3.8) is 0 Å². The first kappa shape index (κ1) is 13.8. The minimum atomic E-state index is -0.0763. The zero-order chi connectivity index (χ0) is 14.8. The number of aryl methyl sites for hydroxylation is 1. The van der Waals surface area contributed by atoms with Gasteiger partial charge in [0, 0.05) is 23.1 Å². The summed E-state index contributed by atoms with van der Waals surface area (Å²) >= 11 is 3.40. The molecule has 0 atom stereocenters. The molecule has 0 saturated carbocycles. The maximum atomic E-state index is 12.2. The number of nitrogens with zero attached hydrogens (tertiary/aromatic N) is 2. The van der Waals surface area contributed by atoms with Gasteiger partial charge in [-0.05, 0) is 40.5 Å². The zero-order valence-electron chi connectivity index (χ0n) is 11.5. The molecule has 5 heteroatoms. The maximum Gasteiger partial charge on any atom is 0.256 e. The van der Waals surface area contributed by atoms with Gasteiger partial charge in [0.15, 0.2) is 4.73 Å². The minimum absolute atomic E-state index is 0.0763. The molecule has 106 valence electrons. The molecule has 0 amide bonds. The molecule has 0 aliphatic carbocycles. The van der Waals surface area contributed by atoms with Gasteiger partial charge in [-0.25, -0.2) is 4.98 Å². The fraction of sp³-hybridized carbons (Fsp3) is 0.125. The van der Waals surface area contributed by atoms with E-state index in [2.05, 4.69) is 25.9 Å². The van der Waals surface area contributed by atoms with Crippen LogP contribution in [0.5, 0.6) is 0 Å². The van der Waals surface area contributed by atoms with Crippen molar-refractivity contribution in [3.05, 3.63) is 75.1 Å². The summed E-state index contributed by atoms with van der Waals surface area (Å²) in [6, 6.07) is 13.5. The number of rotatable bonds is 3. The van der Waals surface area contributed by atoms with Crippen molar-refractivity contribution in [2.24, 2.45) is 0 Å². The van der Waals surface area contributed by atoms with Gasteiger partial charge in [-0.1, -0.05) is 30.3 Å². The number of halogens is 1. The van der Waals surface area contributed by atoms with E-state index in [0.29, 0.717) is 12.1 Å². The molecule has 21 heavy (non-hydrogen) atoms. The van der Waals surface area contributed by atoms with E-state index in [1.807, 2.05) is 54.0 Å². The van der Waals surface area contributed by atoms with Crippen molar-refractivity contribution >= 4 is 15.9 Å². The molecule has 1 N–H and O–H groups in total. The number of hydrogen-bond donors (Lipinski definition) is 1. The SMILES string of the molecule is Cc1cnc(Br)n1Cc1ccc(-c2ccccc2)c(=O)[nH]1. The fourth-order valence-corrected chi connectivity index (χ4v) is 2.75. The molecular formula is C16H14BrN3O. The van der Waals surface area contributed by atoms with Crippen LogP contribution in [0.2, 0.25) is 0 Å². The Balaban J connectivity index is 1.94. The van der Waals surface area contributed by atoms with Gasteiger partial charge >= 0.3 is 0 Å². The second-order valence-corrected chi connectivity index (χ2v) is 5.56. The van der Waals surface area contributed by atoms with Gasteiger partial charge in [-0.3, -0.25) is 4.79 Å². The molecule has 2 heterocycles. The van der Waals surface area contributed by atoms with E-state index in [9.17, 15) is 4.79 Å². The van der Waals surface area contributed by atoms with E-state index >= 15 is 0 Å². The van der Waals surface area contributed by atoms with Crippen LogP contribution in [0, 0.1) is 6.92 Å². The summed E-state index contributed by atoms with van der Waals surface area (Å²) in [6.07, 6.45) is 1.79. The first-order valence-electron chi connectivity index (χ1n) is 6.60. The summed E-state index contributed by atoms with van der Waals surface area (Å²) in [5, 5.41) is 0. The molecule has 0 spiro atoms. The lowest BCUT2D eigenvalue weighted by Gasteiger charge is -2.08. The number of benzene rings is 1. The van der Waals surface area contributed by atoms with Gasteiger partial charge < -0.3 is 9.55 Å². The van der Waals surface area contributed by atoms with Gasteiger partial charge in [-0.15, -0.1) is 0 Å². The number of imidazole rings is 1. The Morgan fingerprint density at radius 1 is 1.19 bits per heavy atom. The molecule has 4 nitrogen and oxygen atoms in total. The van der Waals surface area contributed by atoms with Gasteiger partial charge in [0.25, 0.3) is 5.56 Å². The largest absolute Gasteiger partial charge is 0.324 e. The fourth-order valence-electron chi connectivity index (χ4n) is 2.24. The highest BCUT2D eigenvalue weighted by Crippen LogP contribution is 2.16. The Labute approximate surface area is 130 Å². The topological polar surface area (TPSA) is 50.7 Å². The summed E-state index contributed by atoms with van der Waals surface area (Å²) < 4.78 is 2.75. The van der Waals surface area contributed by atoms with E-state index < -0.39 is 0 Å². The second kappa shape index (κ2) is 5.69. The third-order valence-corrected chi connectivity index (χ3v) is 4.02. The molecule has 3 rings (SSSR count). The Hall–Kier alpha value is -2.14. The van der Waals surface area contributed by atoms with Crippen molar-refractivity contribution in [2.75, 3.05) is 0 Å². The van der Waals surface area contributed by atoms with Crippen LogP contribution in [0.1, 0.15) is 11.4 Å². The Morgan fingerprint density at radius 2 is 1.95 bits per heavy atom. The van der Waals surface area contributed by atoms with Crippen LogP contribution < -0.4 is 5.56 Å². The van der Waals surface area contributed by atoms with Gasteiger partial charge in [-0.2, -0.15) is 0 Å². The molecule has 2 aromatic heterocycles. The number of aromatic nitrogens is 3. The predicted molar refractivity (Wildman–Crippen MR) is 86.3 cm³/mol.